The lowest BCUT2D eigenvalue weighted by molar-refractivity contribution is 0.100. The van der Waals surface area contributed by atoms with Crippen molar-refractivity contribution in [3.63, 3.8) is 0 Å². The van der Waals surface area contributed by atoms with Crippen molar-refractivity contribution in [1.29, 1.82) is 0 Å². The molecule has 49 heavy (non-hydrogen) atoms. The van der Waals surface area contributed by atoms with E-state index in [1.807, 2.05) is 13.8 Å². The lowest BCUT2D eigenvalue weighted by Gasteiger charge is -2.13. The fraction of sp³-hybridized carbons (Fsp3) is 0.545. The molecule has 0 bridgehead atoms. The van der Waals surface area contributed by atoms with Gasteiger partial charge in [0.1, 0.15) is 0 Å². The number of unbranched alkanes of at least 4 members (excludes halogenated alkanes) is 6. The van der Waals surface area contributed by atoms with Gasteiger partial charge in [0.05, 0.1) is 41.2 Å². The van der Waals surface area contributed by atoms with E-state index in [0.29, 0.717) is 35.5 Å². The third-order valence-electron chi connectivity index (χ3n) is 7.43. The summed E-state index contributed by atoms with van der Waals surface area (Å²) >= 11 is 5.55. The van der Waals surface area contributed by atoms with Crippen LogP contribution in [-0.4, -0.2) is 66.4 Å². The smallest absolute Gasteiger partial charge is 0.280 e. The quantitative estimate of drug-likeness (QED) is 0.0846. The van der Waals surface area contributed by atoms with Crippen molar-refractivity contribution < 1.29 is 34.8 Å². The lowest BCUT2D eigenvalue weighted by Crippen LogP contribution is -2.24. The van der Waals surface area contributed by atoms with Gasteiger partial charge in [-0.15, -0.1) is 0 Å². The lowest BCUT2D eigenvalue weighted by atomic mass is 10.0. The second-order valence-electron chi connectivity index (χ2n) is 11.5. The van der Waals surface area contributed by atoms with Crippen LogP contribution in [0, 0.1) is 0 Å². The van der Waals surface area contributed by atoms with Crippen molar-refractivity contribution in [1.82, 2.24) is 0 Å². The monoisotopic (exact) mass is 779 g/mol. The van der Waals surface area contributed by atoms with E-state index in [4.69, 9.17) is 23.1 Å². The maximum Gasteiger partial charge on any atom is 0.280 e. The molecule has 2 atom stereocenters. The Morgan fingerprint density at radius 1 is 0.673 bits per heavy atom. The van der Waals surface area contributed by atoms with Crippen LogP contribution in [0.3, 0.4) is 0 Å². The summed E-state index contributed by atoms with van der Waals surface area (Å²) in [6.45, 7) is 7.83. The summed E-state index contributed by atoms with van der Waals surface area (Å²) in [4.78, 5) is 27.6. The first-order chi connectivity index (χ1) is 22.8. The SMILES string of the molecule is CCCCCCS(=O)c1cc(CC)c(C(=O)Cl)cc1S(C)(=O)=O.CCCCCCS(=O)c1cc(CC)c(C(=O)N=C(N)N)cc1S(C)(=O)=O. The van der Waals surface area contributed by atoms with Gasteiger partial charge in [-0.2, -0.15) is 4.99 Å². The second kappa shape index (κ2) is 21.0. The highest BCUT2D eigenvalue weighted by molar-refractivity contribution is 7.92. The minimum Gasteiger partial charge on any atom is -0.370 e. The molecular formula is C33H50ClN3O8S4. The molecule has 0 saturated carbocycles. The van der Waals surface area contributed by atoms with Crippen LogP contribution in [0.15, 0.2) is 48.8 Å². The van der Waals surface area contributed by atoms with Crippen LogP contribution >= 0.6 is 11.6 Å². The van der Waals surface area contributed by atoms with Gasteiger partial charge in [-0.25, -0.2) is 16.8 Å². The van der Waals surface area contributed by atoms with Gasteiger partial charge in [0, 0.05) is 35.1 Å². The summed E-state index contributed by atoms with van der Waals surface area (Å²) in [7, 11) is -10.2. The summed E-state index contributed by atoms with van der Waals surface area (Å²) in [6.07, 6.45) is 10.7. The maximum atomic E-state index is 12.7. The molecule has 11 nitrogen and oxygen atoms in total. The molecule has 2 aromatic carbocycles. The molecule has 2 unspecified atom stereocenters. The van der Waals surface area contributed by atoms with E-state index in [2.05, 4.69) is 18.8 Å². The average molecular weight is 780 g/mol. The number of halogens is 1. The maximum absolute atomic E-state index is 12.7. The third kappa shape index (κ3) is 14.4. The molecule has 0 aromatic heterocycles. The number of hydrogen-bond acceptors (Lipinski definition) is 8. The Morgan fingerprint density at radius 2 is 1.06 bits per heavy atom. The minimum absolute atomic E-state index is 0.0625. The van der Waals surface area contributed by atoms with E-state index >= 15 is 0 Å². The largest absolute Gasteiger partial charge is 0.370 e. The van der Waals surface area contributed by atoms with Crippen molar-refractivity contribution >= 4 is 70.0 Å². The first-order valence-corrected chi connectivity index (χ1v) is 23.0. The van der Waals surface area contributed by atoms with Crippen LogP contribution in [0.5, 0.6) is 0 Å². The number of hydrogen-bond donors (Lipinski definition) is 2. The van der Waals surface area contributed by atoms with E-state index in [9.17, 15) is 34.8 Å². The topological polar surface area (TPSA) is 201 Å². The van der Waals surface area contributed by atoms with Gasteiger partial charge in [0.2, 0.25) is 0 Å². The van der Waals surface area contributed by atoms with Crippen molar-refractivity contribution in [2.75, 3.05) is 24.0 Å². The summed E-state index contributed by atoms with van der Waals surface area (Å²) in [5.41, 5.74) is 11.9. The number of guanidine groups is 1. The Labute approximate surface area is 301 Å². The van der Waals surface area contributed by atoms with E-state index in [-0.39, 0.29) is 30.7 Å². The molecule has 16 heteroatoms. The Kier molecular flexibility index (Phi) is 19.1. The van der Waals surface area contributed by atoms with Gasteiger partial charge in [-0.1, -0.05) is 66.2 Å². The van der Waals surface area contributed by atoms with Crippen LogP contribution in [0.4, 0.5) is 0 Å². The van der Waals surface area contributed by atoms with Gasteiger partial charge in [-0.05, 0) is 72.7 Å². The van der Waals surface area contributed by atoms with Gasteiger partial charge >= 0.3 is 0 Å². The Morgan fingerprint density at radius 3 is 1.39 bits per heavy atom. The summed E-state index contributed by atoms with van der Waals surface area (Å²) in [5, 5.41) is -0.702. The Bertz CT molecular complexity index is 1770. The molecule has 0 aliphatic heterocycles. The number of aryl methyl sites for hydroxylation is 2. The molecule has 2 aromatic rings. The van der Waals surface area contributed by atoms with Gasteiger partial charge < -0.3 is 11.5 Å². The number of nitrogens with zero attached hydrogens (tertiary/aromatic N) is 1. The molecule has 0 fully saturated rings. The Hall–Kier alpha value is -2.46. The molecule has 0 aliphatic carbocycles. The van der Waals surface area contributed by atoms with E-state index in [0.717, 1.165) is 63.9 Å². The predicted molar refractivity (Wildman–Crippen MR) is 199 cm³/mol. The molecule has 4 N–H and O–H groups in total. The standard InChI is InChI=1S/C17H27N3O4S2.C16H23ClO4S2/c1-4-6-7-8-9-25(22)14-10-12(5-2)13(16(21)20-17(18)19)11-15(14)26(3,23)24;1-4-6-7-8-9-22(19)14-10-12(5-2)13(16(17)18)11-15(14)23(3,20)21/h10-11H,4-9H2,1-3H3,(H4,18,19,20,21);10-11H,4-9H2,1-3H3. The molecule has 1 amide bonds. The average Bonchev–Trinajstić information content (AvgIpc) is 3.02. The fourth-order valence-electron chi connectivity index (χ4n) is 4.82. The molecule has 0 spiro atoms. The molecule has 0 radical (unpaired) electrons. The highest BCUT2D eigenvalue weighted by Crippen LogP contribution is 2.28. The second-order valence-corrected chi connectivity index (χ2v) is 18.9. The van der Waals surface area contributed by atoms with Crippen molar-refractivity contribution in [2.24, 2.45) is 16.5 Å². The van der Waals surface area contributed by atoms with E-state index in [1.54, 1.807) is 6.07 Å². The number of aliphatic imine (C=N–C) groups is 1. The van der Waals surface area contributed by atoms with Gasteiger partial charge in [0.25, 0.3) is 11.1 Å². The summed E-state index contributed by atoms with van der Waals surface area (Å²) in [6, 6.07) is 5.59. The molecule has 0 heterocycles. The molecule has 276 valence electrons. The zero-order valence-electron chi connectivity index (χ0n) is 29.2. The van der Waals surface area contributed by atoms with Crippen LogP contribution in [-0.2, 0) is 54.1 Å². The van der Waals surface area contributed by atoms with Crippen LogP contribution in [0.25, 0.3) is 0 Å². The summed E-state index contributed by atoms with van der Waals surface area (Å²) < 4.78 is 73.7. The van der Waals surface area contributed by atoms with Crippen molar-refractivity contribution in [3.05, 3.63) is 46.5 Å². The number of carbonyl (C=O) groups is 2. The normalized spacial score (nSPS) is 12.8. The predicted octanol–water partition coefficient (Wildman–Crippen LogP) is 5.47. The minimum atomic E-state index is -3.68. The first-order valence-electron chi connectivity index (χ1n) is 16.2. The zero-order valence-corrected chi connectivity index (χ0v) is 33.2. The summed E-state index contributed by atoms with van der Waals surface area (Å²) in [5.74, 6) is -0.319. The number of sulfone groups is 2. The highest BCUT2D eigenvalue weighted by atomic mass is 35.5. The number of carbonyl (C=O) groups excluding carboxylic acids is 2. The fourth-order valence-corrected chi connectivity index (χ4v) is 10.5. The Balaban J connectivity index is 0.000000494. The molecule has 0 saturated heterocycles. The van der Waals surface area contributed by atoms with Crippen LogP contribution < -0.4 is 11.5 Å². The van der Waals surface area contributed by atoms with Crippen LogP contribution in [0.2, 0.25) is 0 Å². The number of nitrogens with two attached hydrogens (primary N) is 2. The van der Waals surface area contributed by atoms with Crippen molar-refractivity contribution in [2.45, 2.75) is 111 Å². The molecular weight excluding hydrogens is 730 g/mol. The number of amides is 1. The first kappa shape index (κ1) is 44.6. The van der Waals surface area contributed by atoms with E-state index < -0.39 is 58.4 Å². The molecule has 2 rings (SSSR count). The zero-order chi connectivity index (χ0) is 37.5. The highest BCUT2D eigenvalue weighted by Gasteiger charge is 2.24. The molecule has 0 aliphatic rings. The third-order valence-corrected chi connectivity index (χ3v) is 13.1. The van der Waals surface area contributed by atoms with Gasteiger partial charge in [-0.3, -0.25) is 18.0 Å². The van der Waals surface area contributed by atoms with Crippen LogP contribution in [0.1, 0.15) is 111 Å². The van der Waals surface area contributed by atoms with Crippen molar-refractivity contribution in [3.8, 4) is 0 Å². The van der Waals surface area contributed by atoms with E-state index in [1.165, 1.54) is 18.2 Å². The van der Waals surface area contributed by atoms with Gasteiger partial charge in [0.15, 0.2) is 25.6 Å². The number of benzene rings is 2. The number of rotatable bonds is 18.